The SMILES string of the molecule is CCNC(=O)c1cccc(NC(=O)COC(=O)CCc2ccccc2OCC)c1. The van der Waals surface area contributed by atoms with Crippen molar-refractivity contribution in [3.8, 4) is 5.75 Å². The first-order valence-corrected chi connectivity index (χ1v) is 9.58. The lowest BCUT2D eigenvalue weighted by atomic mass is 10.1. The Bertz CT molecular complexity index is 851. The van der Waals surface area contributed by atoms with E-state index in [1.807, 2.05) is 38.1 Å². The molecule has 0 radical (unpaired) electrons. The van der Waals surface area contributed by atoms with Crippen molar-refractivity contribution in [1.82, 2.24) is 5.32 Å². The predicted octanol–water partition coefficient (Wildman–Crippen LogP) is 2.95. The lowest BCUT2D eigenvalue weighted by Gasteiger charge is -2.10. The van der Waals surface area contributed by atoms with Gasteiger partial charge in [-0.15, -0.1) is 0 Å². The van der Waals surface area contributed by atoms with Gasteiger partial charge in [0.15, 0.2) is 6.61 Å². The number of hydrogen-bond acceptors (Lipinski definition) is 5. The van der Waals surface area contributed by atoms with Crippen molar-refractivity contribution in [3.05, 3.63) is 59.7 Å². The molecule has 0 aliphatic carbocycles. The summed E-state index contributed by atoms with van der Waals surface area (Å²) in [5.41, 5.74) is 1.81. The minimum Gasteiger partial charge on any atom is -0.494 e. The summed E-state index contributed by atoms with van der Waals surface area (Å²) >= 11 is 0. The van der Waals surface area contributed by atoms with Gasteiger partial charge in [-0.3, -0.25) is 14.4 Å². The van der Waals surface area contributed by atoms with E-state index in [2.05, 4.69) is 10.6 Å². The Morgan fingerprint density at radius 1 is 1.00 bits per heavy atom. The molecule has 0 unspecified atom stereocenters. The Labute approximate surface area is 170 Å². The van der Waals surface area contributed by atoms with Crippen molar-refractivity contribution in [3.63, 3.8) is 0 Å². The van der Waals surface area contributed by atoms with Crippen LogP contribution in [0.1, 0.15) is 36.2 Å². The fraction of sp³-hybridized carbons (Fsp3) is 0.318. The topological polar surface area (TPSA) is 93.7 Å². The van der Waals surface area contributed by atoms with Gasteiger partial charge in [0.2, 0.25) is 0 Å². The van der Waals surface area contributed by atoms with E-state index < -0.39 is 18.5 Å². The Morgan fingerprint density at radius 2 is 1.79 bits per heavy atom. The Kier molecular flexibility index (Phi) is 8.69. The summed E-state index contributed by atoms with van der Waals surface area (Å²) in [7, 11) is 0. The molecule has 0 heterocycles. The zero-order chi connectivity index (χ0) is 21.1. The molecule has 0 saturated heterocycles. The molecule has 2 aromatic rings. The summed E-state index contributed by atoms with van der Waals surface area (Å²) in [5, 5.41) is 5.31. The third-order valence-electron chi connectivity index (χ3n) is 3.98. The molecule has 0 aromatic heterocycles. The molecule has 0 bridgehead atoms. The first-order valence-electron chi connectivity index (χ1n) is 9.58. The molecule has 7 heteroatoms. The van der Waals surface area contributed by atoms with Crippen molar-refractivity contribution in [1.29, 1.82) is 0 Å². The zero-order valence-corrected chi connectivity index (χ0v) is 16.7. The molecular formula is C22H26N2O5. The maximum absolute atomic E-state index is 12.0. The van der Waals surface area contributed by atoms with Crippen LogP contribution in [0.3, 0.4) is 0 Å². The van der Waals surface area contributed by atoms with Crippen LogP contribution in [0.4, 0.5) is 5.69 Å². The number of amides is 2. The van der Waals surface area contributed by atoms with E-state index in [1.165, 1.54) is 0 Å². The van der Waals surface area contributed by atoms with Crippen molar-refractivity contribution in [2.24, 2.45) is 0 Å². The molecule has 7 nitrogen and oxygen atoms in total. The van der Waals surface area contributed by atoms with Crippen LogP contribution in [-0.2, 0) is 20.7 Å². The average molecular weight is 398 g/mol. The van der Waals surface area contributed by atoms with Gasteiger partial charge < -0.3 is 20.1 Å². The van der Waals surface area contributed by atoms with Crippen LogP contribution < -0.4 is 15.4 Å². The van der Waals surface area contributed by atoms with Crippen LogP contribution in [0.25, 0.3) is 0 Å². The number of hydrogen-bond donors (Lipinski definition) is 2. The molecular weight excluding hydrogens is 372 g/mol. The molecule has 0 fully saturated rings. The molecule has 2 amide bonds. The maximum Gasteiger partial charge on any atom is 0.306 e. The van der Waals surface area contributed by atoms with E-state index in [1.54, 1.807) is 24.3 Å². The van der Waals surface area contributed by atoms with Gasteiger partial charge in [0.25, 0.3) is 11.8 Å². The minimum atomic E-state index is -0.471. The molecule has 0 spiro atoms. The summed E-state index contributed by atoms with van der Waals surface area (Å²) < 4.78 is 10.6. The number of para-hydroxylation sites is 1. The van der Waals surface area contributed by atoms with Gasteiger partial charge >= 0.3 is 5.97 Å². The lowest BCUT2D eigenvalue weighted by molar-refractivity contribution is -0.147. The molecule has 29 heavy (non-hydrogen) atoms. The van der Waals surface area contributed by atoms with Gasteiger partial charge in [0.1, 0.15) is 5.75 Å². The number of rotatable bonds is 10. The first-order chi connectivity index (χ1) is 14.0. The third kappa shape index (κ3) is 7.29. The van der Waals surface area contributed by atoms with E-state index in [-0.39, 0.29) is 12.3 Å². The van der Waals surface area contributed by atoms with Gasteiger partial charge in [0, 0.05) is 24.2 Å². The van der Waals surface area contributed by atoms with Crippen molar-refractivity contribution < 1.29 is 23.9 Å². The Balaban J connectivity index is 1.80. The van der Waals surface area contributed by atoms with E-state index in [0.717, 1.165) is 11.3 Å². The summed E-state index contributed by atoms with van der Waals surface area (Å²) in [4.78, 5) is 35.8. The Morgan fingerprint density at radius 3 is 2.55 bits per heavy atom. The van der Waals surface area contributed by atoms with Crippen LogP contribution in [-0.4, -0.2) is 37.5 Å². The second-order valence-electron chi connectivity index (χ2n) is 6.19. The van der Waals surface area contributed by atoms with Crippen LogP contribution in [0.2, 0.25) is 0 Å². The number of carbonyl (C=O) groups excluding carboxylic acids is 3. The summed E-state index contributed by atoms with van der Waals surface area (Å²) in [6, 6.07) is 14.0. The number of aryl methyl sites for hydroxylation is 1. The summed E-state index contributed by atoms with van der Waals surface area (Å²) in [6.45, 7) is 4.39. The number of nitrogens with one attached hydrogen (secondary N) is 2. The second-order valence-corrected chi connectivity index (χ2v) is 6.19. The van der Waals surface area contributed by atoms with Crippen LogP contribution in [0, 0.1) is 0 Å². The number of ether oxygens (including phenoxy) is 2. The monoisotopic (exact) mass is 398 g/mol. The molecule has 0 saturated carbocycles. The highest BCUT2D eigenvalue weighted by atomic mass is 16.5. The quantitative estimate of drug-likeness (QED) is 0.600. The maximum atomic E-state index is 12.0. The number of anilines is 1. The fourth-order valence-electron chi connectivity index (χ4n) is 2.66. The molecule has 2 N–H and O–H groups in total. The number of benzene rings is 2. The van der Waals surface area contributed by atoms with Gasteiger partial charge in [-0.2, -0.15) is 0 Å². The van der Waals surface area contributed by atoms with E-state index in [0.29, 0.717) is 30.8 Å². The van der Waals surface area contributed by atoms with Gasteiger partial charge in [-0.1, -0.05) is 24.3 Å². The first kappa shape index (κ1) is 21.9. The lowest BCUT2D eigenvalue weighted by Crippen LogP contribution is -2.23. The van der Waals surface area contributed by atoms with Crippen molar-refractivity contribution in [2.75, 3.05) is 25.1 Å². The largest absolute Gasteiger partial charge is 0.494 e. The van der Waals surface area contributed by atoms with Crippen molar-refractivity contribution >= 4 is 23.5 Å². The number of esters is 1. The van der Waals surface area contributed by atoms with Gasteiger partial charge in [0.05, 0.1) is 6.61 Å². The number of carbonyl (C=O) groups is 3. The molecule has 0 aliphatic heterocycles. The van der Waals surface area contributed by atoms with Crippen LogP contribution in [0.15, 0.2) is 48.5 Å². The molecule has 154 valence electrons. The minimum absolute atomic E-state index is 0.143. The molecule has 2 rings (SSSR count). The zero-order valence-electron chi connectivity index (χ0n) is 16.7. The molecule has 0 atom stereocenters. The van der Waals surface area contributed by atoms with Gasteiger partial charge in [-0.25, -0.2) is 0 Å². The standard InChI is InChI=1S/C22H26N2O5/c1-3-23-22(27)17-9-7-10-18(14-17)24-20(25)15-29-21(26)13-12-16-8-5-6-11-19(16)28-4-2/h5-11,14H,3-4,12-13,15H2,1-2H3,(H,23,27)(H,24,25). The fourth-order valence-corrected chi connectivity index (χ4v) is 2.66. The van der Waals surface area contributed by atoms with Crippen LogP contribution >= 0.6 is 0 Å². The second kappa shape index (κ2) is 11.5. The van der Waals surface area contributed by atoms with E-state index >= 15 is 0 Å². The highest BCUT2D eigenvalue weighted by molar-refractivity contribution is 5.97. The summed E-state index contributed by atoms with van der Waals surface area (Å²) in [6.07, 6.45) is 0.606. The van der Waals surface area contributed by atoms with E-state index in [9.17, 15) is 14.4 Å². The average Bonchev–Trinajstić information content (AvgIpc) is 2.72. The van der Waals surface area contributed by atoms with Crippen molar-refractivity contribution in [2.45, 2.75) is 26.7 Å². The molecule has 2 aromatic carbocycles. The van der Waals surface area contributed by atoms with Gasteiger partial charge in [-0.05, 0) is 50.1 Å². The summed E-state index contributed by atoms with van der Waals surface area (Å²) in [5.74, 6) is -0.418. The normalized spacial score (nSPS) is 10.1. The highest BCUT2D eigenvalue weighted by Gasteiger charge is 2.11. The highest BCUT2D eigenvalue weighted by Crippen LogP contribution is 2.19. The van der Waals surface area contributed by atoms with E-state index in [4.69, 9.17) is 9.47 Å². The Hall–Kier alpha value is -3.35. The van der Waals surface area contributed by atoms with Crippen LogP contribution in [0.5, 0.6) is 5.75 Å². The smallest absolute Gasteiger partial charge is 0.306 e. The molecule has 0 aliphatic rings. The third-order valence-corrected chi connectivity index (χ3v) is 3.98. The predicted molar refractivity (Wildman–Crippen MR) is 110 cm³/mol.